The third kappa shape index (κ3) is 4.51. The number of nitrogens with two attached hydrogens (primary N) is 1. The molecule has 7 nitrogen and oxygen atoms in total. The summed E-state index contributed by atoms with van der Waals surface area (Å²) in [7, 11) is -4.43. The Labute approximate surface area is 179 Å². The molecule has 1 saturated heterocycles. The Kier molecular flexibility index (Phi) is 6.12. The summed E-state index contributed by atoms with van der Waals surface area (Å²) in [5.41, 5.74) is 3.45. The molecule has 0 spiro atoms. The lowest BCUT2D eigenvalue weighted by molar-refractivity contribution is -0.137. The molecule has 13 heteroatoms. The van der Waals surface area contributed by atoms with Crippen molar-refractivity contribution in [2.24, 2.45) is 5.73 Å². The van der Waals surface area contributed by atoms with E-state index >= 15 is 0 Å². The number of hydrogen-bond donors (Lipinski definition) is 1. The largest absolute Gasteiger partial charge is 0.417 e. The van der Waals surface area contributed by atoms with Crippen LogP contribution in [-0.2, 0) is 21.0 Å². The number of nitrogens with zero attached hydrogens (tertiary/aromatic N) is 3. The van der Waals surface area contributed by atoms with E-state index in [0.29, 0.717) is 24.3 Å². The van der Waals surface area contributed by atoms with Gasteiger partial charge in [-0.15, -0.1) is 0 Å². The quantitative estimate of drug-likeness (QED) is 0.684. The van der Waals surface area contributed by atoms with Crippen molar-refractivity contribution in [1.29, 1.82) is 5.26 Å². The van der Waals surface area contributed by atoms with Gasteiger partial charge in [-0.3, -0.25) is 4.79 Å². The first-order valence-corrected chi connectivity index (χ1v) is 10.4. The van der Waals surface area contributed by atoms with Gasteiger partial charge in [0, 0.05) is 31.4 Å². The monoisotopic (exact) mass is 474 g/mol. The molecule has 1 aliphatic heterocycles. The van der Waals surface area contributed by atoms with Crippen LogP contribution in [0.2, 0.25) is 0 Å². The Hall–Kier alpha value is -3.24. The summed E-state index contributed by atoms with van der Waals surface area (Å²) in [5.74, 6) is -3.26. The second kappa shape index (κ2) is 8.36. The topological polar surface area (TPSA) is 108 Å². The smallest absolute Gasteiger partial charge is 0.368 e. The number of primary amides is 1. The summed E-state index contributed by atoms with van der Waals surface area (Å²) >= 11 is 0. The zero-order valence-corrected chi connectivity index (χ0v) is 16.9. The second-order valence-corrected chi connectivity index (χ2v) is 8.86. The third-order valence-electron chi connectivity index (χ3n) is 4.91. The second-order valence-electron chi connectivity index (χ2n) is 6.92. The van der Waals surface area contributed by atoms with E-state index in [0.717, 1.165) is 10.4 Å². The lowest BCUT2D eigenvalue weighted by Crippen LogP contribution is -2.59. The standard InChI is InChI=1S/C19H15F5N4O3S/c20-12-5-13(21)7-15(6-12)32(30,31)27-3-4-28(17(10-27)18(26)29)14-2-1-11(9-25)16(8-14)19(22,23)24/h1-2,5-8,17H,3-4,10H2,(H2,26,29). The molecule has 1 aliphatic rings. The van der Waals surface area contributed by atoms with Gasteiger partial charge in [-0.25, -0.2) is 17.2 Å². The fourth-order valence-electron chi connectivity index (χ4n) is 3.40. The zero-order chi connectivity index (χ0) is 23.8. The number of halogens is 5. The van der Waals surface area contributed by atoms with E-state index in [9.17, 15) is 35.2 Å². The first kappa shape index (κ1) is 23.4. The molecule has 2 N–H and O–H groups in total. The Morgan fingerprint density at radius 2 is 1.72 bits per heavy atom. The molecule has 0 saturated carbocycles. The molecule has 32 heavy (non-hydrogen) atoms. The molecule has 1 fully saturated rings. The summed E-state index contributed by atoms with van der Waals surface area (Å²) in [6.07, 6.45) is -4.84. The highest BCUT2D eigenvalue weighted by molar-refractivity contribution is 7.89. The Morgan fingerprint density at radius 1 is 1.09 bits per heavy atom. The van der Waals surface area contributed by atoms with Crippen LogP contribution >= 0.6 is 0 Å². The third-order valence-corrected chi connectivity index (χ3v) is 6.75. The van der Waals surface area contributed by atoms with Crippen LogP contribution in [0.1, 0.15) is 11.1 Å². The van der Waals surface area contributed by atoms with Crippen LogP contribution in [0.4, 0.5) is 27.6 Å². The van der Waals surface area contributed by atoms with E-state index in [1.54, 1.807) is 0 Å². The van der Waals surface area contributed by atoms with Gasteiger partial charge in [0.2, 0.25) is 15.9 Å². The lowest BCUT2D eigenvalue weighted by Gasteiger charge is -2.40. The average molecular weight is 474 g/mol. The van der Waals surface area contributed by atoms with Gasteiger partial charge in [-0.05, 0) is 30.3 Å². The predicted octanol–water partition coefficient (Wildman–Crippen LogP) is 2.22. The van der Waals surface area contributed by atoms with Crippen LogP contribution in [-0.4, -0.2) is 44.3 Å². The van der Waals surface area contributed by atoms with Crippen molar-refractivity contribution < 1.29 is 35.2 Å². The Bertz CT molecular complexity index is 1190. The van der Waals surface area contributed by atoms with Crippen LogP contribution in [0.3, 0.4) is 0 Å². The van der Waals surface area contributed by atoms with Gasteiger partial charge >= 0.3 is 6.18 Å². The lowest BCUT2D eigenvalue weighted by atomic mass is 10.0. The highest BCUT2D eigenvalue weighted by Gasteiger charge is 2.39. The molecule has 1 heterocycles. The van der Waals surface area contributed by atoms with Gasteiger partial charge < -0.3 is 10.6 Å². The normalized spacial score (nSPS) is 17.8. The number of amides is 1. The first-order chi connectivity index (χ1) is 14.8. The predicted molar refractivity (Wildman–Crippen MR) is 102 cm³/mol. The van der Waals surface area contributed by atoms with Gasteiger partial charge in [-0.2, -0.15) is 22.7 Å². The summed E-state index contributed by atoms with van der Waals surface area (Å²) in [6.45, 7) is -1.10. The summed E-state index contributed by atoms with van der Waals surface area (Å²) in [4.78, 5) is 12.5. The van der Waals surface area contributed by atoms with Gasteiger partial charge in [0.25, 0.3) is 0 Å². The van der Waals surface area contributed by atoms with Crippen LogP contribution < -0.4 is 10.6 Å². The van der Waals surface area contributed by atoms with E-state index < -0.39 is 62.4 Å². The minimum atomic E-state index is -4.84. The van der Waals surface area contributed by atoms with E-state index in [1.807, 2.05) is 0 Å². The molecule has 0 aromatic heterocycles. The Morgan fingerprint density at radius 3 is 2.25 bits per heavy atom. The highest BCUT2D eigenvalue weighted by Crippen LogP contribution is 2.35. The first-order valence-electron chi connectivity index (χ1n) is 8.98. The molecule has 3 rings (SSSR count). The molecule has 0 bridgehead atoms. The molecule has 1 unspecified atom stereocenters. The number of benzene rings is 2. The maximum Gasteiger partial charge on any atom is 0.417 e. The number of carbonyl (C=O) groups excluding carboxylic acids is 1. The van der Waals surface area contributed by atoms with E-state index in [2.05, 4.69) is 0 Å². The number of piperazine rings is 1. The minimum absolute atomic E-state index is 0.0889. The molecule has 1 atom stereocenters. The van der Waals surface area contributed by atoms with Crippen molar-refractivity contribution in [1.82, 2.24) is 4.31 Å². The fourth-order valence-corrected chi connectivity index (χ4v) is 4.88. The van der Waals surface area contributed by atoms with Gasteiger partial charge in [0.15, 0.2) is 0 Å². The molecule has 0 aliphatic carbocycles. The van der Waals surface area contributed by atoms with Crippen molar-refractivity contribution in [3.05, 3.63) is 59.2 Å². The molecule has 0 radical (unpaired) electrons. The van der Waals surface area contributed by atoms with Crippen molar-refractivity contribution in [3.8, 4) is 6.07 Å². The van der Waals surface area contributed by atoms with E-state index in [4.69, 9.17) is 11.0 Å². The average Bonchev–Trinajstić information content (AvgIpc) is 2.71. The Balaban J connectivity index is 1.96. The molecule has 2 aromatic carbocycles. The highest BCUT2D eigenvalue weighted by atomic mass is 32.2. The molecule has 170 valence electrons. The van der Waals surface area contributed by atoms with Gasteiger partial charge in [-0.1, -0.05) is 0 Å². The van der Waals surface area contributed by atoms with Crippen LogP contribution in [0.25, 0.3) is 0 Å². The maximum atomic E-state index is 13.5. The van der Waals surface area contributed by atoms with E-state index in [1.165, 1.54) is 17.0 Å². The number of nitriles is 1. The van der Waals surface area contributed by atoms with Crippen molar-refractivity contribution in [2.45, 2.75) is 17.1 Å². The molecule has 1 amide bonds. The van der Waals surface area contributed by atoms with Gasteiger partial charge in [0.05, 0.1) is 22.1 Å². The summed E-state index contributed by atoms with van der Waals surface area (Å²) in [6, 6.07) is 4.60. The number of alkyl halides is 3. The van der Waals surface area contributed by atoms with Crippen LogP contribution in [0.5, 0.6) is 0 Å². The van der Waals surface area contributed by atoms with Crippen molar-refractivity contribution in [3.63, 3.8) is 0 Å². The fraction of sp³-hybridized carbons (Fsp3) is 0.263. The van der Waals surface area contributed by atoms with E-state index in [-0.39, 0.29) is 18.8 Å². The minimum Gasteiger partial charge on any atom is -0.368 e. The van der Waals surface area contributed by atoms with Crippen molar-refractivity contribution >= 4 is 21.6 Å². The van der Waals surface area contributed by atoms with Crippen LogP contribution in [0.15, 0.2) is 41.3 Å². The summed E-state index contributed by atoms with van der Waals surface area (Å²) < 4.78 is 93.3. The van der Waals surface area contributed by atoms with Crippen molar-refractivity contribution in [2.75, 3.05) is 24.5 Å². The summed E-state index contributed by atoms with van der Waals surface area (Å²) in [5, 5.41) is 8.93. The number of carbonyl (C=O) groups is 1. The number of rotatable bonds is 4. The number of hydrogen-bond acceptors (Lipinski definition) is 5. The molecular formula is C19H15F5N4O3S. The zero-order valence-electron chi connectivity index (χ0n) is 16.1. The van der Waals surface area contributed by atoms with Crippen LogP contribution in [0, 0.1) is 23.0 Å². The van der Waals surface area contributed by atoms with Gasteiger partial charge in [0.1, 0.15) is 17.7 Å². The number of sulfonamides is 1. The molecular weight excluding hydrogens is 459 g/mol. The molecule has 2 aromatic rings. The maximum absolute atomic E-state index is 13.5. The SMILES string of the molecule is N#Cc1ccc(N2CCN(S(=O)(=O)c3cc(F)cc(F)c3)CC2C(N)=O)cc1C(F)(F)F. The number of anilines is 1.